The van der Waals surface area contributed by atoms with Crippen LogP contribution in [0.4, 0.5) is 0 Å². The average molecular weight is 282 g/mol. The fraction of sp³-hybridized carbons (Fsp3) is 0.538. The highest BCUT2D eigenvalue weighted by atomic mass is 32.2. The molecule has 0 N–H and O–H groups in total. The molecule has 1 fully saturated rings. The Morgan fingerprint density at radius 1 is 1.53 bits per heavy atom. The largest absolute Gasteiger partial charge is 0.341 e. The van der Waals surface area contributed by atoms with Gasteiger partial charge < -0.3 is 4.90 Å². The molecular weight excluding hydrogens is 264 g/mol. The van der Waals surface area contributed by atoms with Crippen LogP contribution in [0.15, 0.2) is 18.3 Å². The molecule has 0 aromatic carbocycles. The standard InChI is InChI=1S/C13H18N2O3S/c1-10-7-11(3-5-14-10)8-15(2)13(16)12-4-6-19(17,18)9-12/h3,5,7,12H,4,6,8-9H2,1-2H3/t12-/m0/s1. The number of pyridine rings is 1. The van der Waals surface area contributed by atoms with E-state index < -0.39 is 9.84 Å². The summed E-state index contributed by atoms with van der Waals surface area (Å²) in [4.78, 5) is 17.9. The summed E-state index contributed by atoms with van der Waals surface area (Å²) in [7, 11) is -1.30. The van der Waals surface area contributed by atoms with E-state index in [-0.39, 0.29) is 23.3 Å². The van der Waals surface area contributed by atoms with E-state index >= 15 is 0 Å². The number of hydrogen-bond acceptors (Lipinski definition) is 4. The second-order valence-corrected chi connectivity index (χ2v) is 7.33. The van der Waals surface area contributed by atoms with Gasteiger partial charge in [-0.25, -0.2) is 8.42 Å². The third-order valence-corrected chi connectivity index (χ3v) is 5.11. The highest BCUT2D eigenvalue weighted by Gasteiger charge is 2.34. The molecule has 1 aromatic heterocycles. The molecule has 0 bridgehead atoms. The van der Waals surface area contributed by atoms with E-state index in [2.05, 4.69) is 4.98 Å². The number of carbonyl (C=O) groups is 1. The van der Waals surface area contributed by atoms with Gasteiger partial charge in [-0.15, -0.1) is 0 Å². The van der Waals surface area contributed by atoms with Crippen molar-refractivity contribution in [2.24, 2.45) is 5.92 Å². The molecule has 6 heteroatoms. The van der Waals surface area contributed by atoms with Crippen molar-refractivity contribution in [3.05, 3.63) is 29.6 Å². The van der Waals surface area contributed by atoms with Crippen LogP contribution in [0.3, 0.4) is 0 Å². The summed E-state index contributed by atoms with van der Waals surface area (Å²) in [5, 5.41) is 0. The molecule has 0 saturated carbocycles. The molecule has 0 spiro atoms. The number of nitrogens with zero attached hydrogens (tertiary/aromatic N) is 2. The number of sulfone groups is 1. The smallest absolute Gasteiger partial charge is 0.226 e. The Morgan fingerprint density at radius 3 is 2.84 bits per heavy atom. The number of aromatic nitrogens is 1. The lowest BCUT2D eigenvalue weighted by atomic mass is 10.1. The van der Waals surface area contributed by atoms with Crippen LogP contribution in [0.25, 0.3) is 0 Å². The van der Waals surface area contributed by atoms with Gasteiger partial charge in [0.1, 0.15) is 0 Å². The lowest BCUT2D eigenvalue weighted by molar-refractivity contribution is -0.133. The van der Waals surface area contributed by atoms with Crippen molar-refractivity contribution in [1.82, 2.24) is 9.88 Å². The van der Waals surface area contributed by atoms with Crippen LogP contribution in [-0.2, 0) is 21.2 Å². The van der Waals surface area contributed by atoms with Gasteiger partial charge in [-0.05, 0) is 31.0 Å². The summed E-state index contributed by atoms with van der Waals surface area (Å²) in [6.45, 7) is 2.38. The minimum Gasteiger partial charge on any atom is -0.341 e. The third kappa shape index (κ3) is 3.53. The summed E-state index contributed by atoms with van der Waals surface area (Å²) in [6.07, 6.45) is 2.16. The van der Waals surface area contributed by atoms with Crippen molar-refractivity contribution in [2.45, 2.75) is 19.9 Å². The molecule has 104 valence electrons. The molecule has 5 nitrogen and oxygen atoms in total. The molecule has 2 heterocycles. The van der Waals surface area contributed by atoms with Crippen LogP contribution in [-0.4, -0.2) is 42.8 Å². The molecule has 1 amide bonds. The quantitative estimate of drug-likeness (QED) is 0.822. The van der Waals surface area contributed by atoms with Crippen molar-refractivity contribution in [3.63, 3.8) is 0 Å². The van der Waals surface area contributed by atoms with Crippen molar-refractivity contribution < 1.29 is 13.2 Å². The lowest BCUT2D eigenvalue weighted by Gasteiger charge is -2.20. The van der Waals surface area contributed by atoms with Crippen molar-refractivity contribution in [1.29, 1.82) is 0 Å². The second-order valence-electron chi connectivity index (χ2n) is 5.10. The van der Waals surface area contributed by atoms with Gasteiger partial charge in [0, 0.05) is 25.5 Å². The van der Waals surface area contributed by atoms with E-state index in [9.17, 15) is 13.2 Å². The van der Waals surface area contributed by atoms with Gasteiger partial charge in [0.05, 0.1) is 17.4 Å². The maximum atomic E-state index is 12.2. The first-order chi connectivity index (χ1) is 8.87. The van der Waals surface area contributed by atoms with Crippen molar-refractivity contribution >= 4 is 15.7 Å². The molecule has 0 unspecified atom stereocenters. The van der Waals surface area contributed by atoms with Gasteiger partial charge in [0.2, 0.25) is 5.91 Å². The Hall–Kier alpha value is -1.43. The maximum Gasteiger partial charge on any atom is 0.226 e. The number of aryl methyl sites for hydroxylation is 1. The molecule has 1 saturated heterocycles. The van der Waals surface area contributed by atoms with Crippen LogP contribution >= 0.6 is 0 Å². The molecule has 2 rings (SSSR count). The first-order valence-electron chi connectivity index (χ1n) is 6.24. The van der Waals surface area contributed by atoms with Crippen molar-refractivity contribution in [2.75, 3.05) is 18.6 Å². The Kier molecular flexibility index (Phi) is 3.89. The molecule has 1 aliphatic rings. The monoisotopic (exact) mass is 282 g/mol. The van der Waals surface area contributed by atoms with Gasteiger partial charge in [-0.3, -0.25) is 9.78 Å². The second kappa shape index (κ2) is 5.28. The molecular formula is C13H18N2O3S. The van der Waals surface area contributed by atoms with Gasteiger partial charge in [0.25, 0.3) is 0 Å². The van der Waals surface area contributed by atoms with Crippen molar-refractivity contribution in [3.8, 4) is 0 Å². The number of hydrogen-bond donors (Lipinski definition) is 0. The number of amides is 1. The normalized spacial score (nSPS) is 21.3. The summed E-state index contributed by atoms with van der Waals surface area (Å²) in [5.41, 5.74) is 1.91. The maximum absolute atomic E-state index is 12.2. The zero-order valence-corrected chi connectivity index (χ0v) is 12.0. The minimum atomic E-state index is -3.01. The van der Waals surface area contributed by atoms with E-state index in [1.165, 1.54) is 0 Å². The predicted molar refractivity (Wildman–Crippen MR) is 72.2 cm³/mol. The summed E-state index contributed by atoms with van der Waals surface area (Å²) >= 11 is 0. The lowest BCUT2D eigenvalue weighted by Crippen LogP contribution is -2.33. The highest BCUT2D eigenvalue weighted by molar-refractivity contribution is 7.91. The SMILES string of the molecule is Cc1cc(CN(C)C(=O)[C@H]2CCS(=O)(=O)C2)ccn1. The van der Waals surface area contributed by atoms with E-state index in [0.717, 1.165) is 11.3 Å². The topological polar surface area (TPSA) is 67.3 Å². The van der Waals surface area contributed by atoms with Gasteiger partial charge in [0.15, 0.2) is 9.84 Å². The van der Waals surface area contributed by atoms with Gasteiger partial charge in [-0.1, -0.05) is 0 Å². The Labute approximate surface area is 113 Å². The Balaban J connectivity index is 2.00. The molecule has 0 radical (unpaired) electrons. The number of rotatable bonds is 3. The molecule has 0 aliphatic carbocycles. The molecule has 1 atom stereocenters. The van der Waals surface area contributed by atoms with Crippen LogP contribution < -0.4 is 0 Å². The first-order valence-corrected chi connectivity index (χ1v) is 8.06. The first kappa shape index (κ1) is 14.0. The minimum absolute atomic E-state index is 0.00839. The molecule has 1 aromatic rings. The summed E-state index contributed by atoms with van der Waals surface area (Å²) in [5.74, 6) is -0.342. The molecule has 1 aliphatic heterocycles. The number of carbonyl (C=O) groups excluding carboxylic acids is 1. The van der Waals surface area contributed by atoms with E-state index in [1.54, 1.807) is 18.1 Å². The highest BCUT2D eigenvalue weighted by Crippen LogP contribution is 2.21. The van der Waals surface area contributed by atoms with E-state index in [1.807, 2.05) is 19.1 Å². The van der Waals surface area contributed by atoms with Crippen LogP contribution in [0, 0.1) is 12.8 Å². The zero-order valence-electron chi connectivity index (χ0n) is 11.2. The Morgan fingerprint density at radius 2 is 2.26 bits per heavy atom. The molecule has 19 heavy (non-hydrogen) atoms. The van der Waals surface area contributed by atoms with Gasteiger partial charge >= 0.3 is 0 Å². The zero-order chi connectivity index (χ0) is 14.0. The summed E-state index contributed by atoms with van der Waals surface area (Å²) < 4.78 is 22.8. The van der Waals surface area contributed by atoms with E-state index in [0.29, 0.717) is 13.0 Å². The third-order valence-electron chi connectivity index (χ3n) is 3.34. The fourth-order valence-corrected chi connectivity index (χ4v) is 4.09. The average Bonchev–Trinajstić information content (AvgIpc) is 2.68. The van der Waals surface area contributed by atoms with Crippen LogP contribution in [0.1, 0.15) is 17.7 Å². The summed E-state index contributed by atoms with van der Waals surface area (Å²) in [6, 6.07) is 3.79. The van der Waals surface area contributed by atoms with Crippen LogP contribution in [0.2, 0.25) is 0 Å². The van der Waals surface area contributed by atoms with Gasteiger partial charge in [-0.2, -0.15) is 0 Å². The fourth-order valence-electron chi connectivity index (χ4n) is 2.36. The Bertz CT molecular complexity index is 583. The predicted octanol–water partition coefficient (Wildman–Crippen LogP) is 0.783. The van der Waals surface area contributed by atoms with E-state index in [4.69, 9.17) is 0 Å². The van der Waals surface area contributed by atoms with Crippen LogP contribution in [0.5, 0.6) is 0 Å².